The number of nitrogens with two attached hydrogens (primary N) is 1. The Bertz CT molecular complexity index is 941. The first kappa shape index (κ1) is 29.5. The number of hydrogen-bond donors (Lipinski definition) is 3. The molecule has 4 amide bonds. The van der Waals surface area contributed by atoms with E-state index in [-0.39, 0.29) is 0 Å². The molecule has 2 unspecified atom stereocenters. The SMILES string of the molecule is C#CN(C(=O)C(CC(N)=O)NC(=O)OC(C)(C)C)C(C(=O)NCCCCC)c1cc(C)cc(C)c1. The third kappa shape index (κ3) is 10.1. The fourth-order valence-electron chi connectivity index (χ4n) is 3.55. The van der Waals surface area contributed by atoms with Crippen LogP contribution in [0.4, 0.5) is 4.79 Å². The van der Waals surface area contributed by atoms with E-state index < -0.39 is 47.9 Å². The average Bonchev–Trinajstić information content (AvgIpc) is 2.71. The number of nitrogens with zero attached hydrogens (tertiary/aromatic N) is 1. The fraction of sp³-hybridized carbons (Fsp3) is 0.538. The van der Waals surface area contributed by atoms with Crippen molar-refractivity contribution in [3.05, 3.63) is 34.9 Å². The summed E-state index contributed by atoms with van der Waals surface area (Å²) in [6.45, 7) is 11.2. The van der Waals surface area contributed by atoms with Crippen LogP contribution < -0.4 is 16.4 Å². The maximum atomic E-state index is 13.5. The van der Waals surface area contributed by atoms with Gasteiger partial charge in [-0.15, -0.1) is 0 Å². The minimum Gasteiger partial charge on any atom is -0.444 e. The smallest absolute Gasteiger partial charge is 0.408 e. The van der Waals surface area contributed by atoms with Crippen molar-refractivity contribution in [3.63, 3.8) is 0 Å². The number of primary amides is 1. The summed E-state index contributed by atoms with van der Waals surface area (Å²) in [7, 11) is 0. The zero-order valence-corrected chi connectivity index (χ0v) is 21.6. The molecule has 0 aliphatic carbocycles. The minimum absolute atomic E-state index is 0.418. The van der Waals surface area contributed by atoms with Gasteiger partial charge in [-0.05, 0) is 46.6 Å². The van der Waals surface area contributed by atoms with Gasteiger partial charge in [-0.3, -0.25) is 19.3 Å². The average molecular weight is 487 g/mol. The van der Waals surface area contributed by atoms with Crippen LogP contribution in [-0.2, 0) is 19.1 Å². The Morgan fingerprint density at radius 1 is 1.11 bits per heavy atom. The Morgan fingerprint density at radius 3 is 2.20 bits per heavy atom. The topological polar surface area (TPSA) is 131 Å². The van der Waals surface area contributed by atoms with E-state index in [1.165, 1.54) is 0 Å². The van der Waals surface area contributed by atoms with E-state index in [1.54, 1.807) is 32.9 Å². The summed E-state index contributed by atoms with van der Waals surface area (Å²) < 4.78 is 5.21. The van der Waals surface area contributed by atoms with Crippen molar-refractivity contribution in [1.82, 2.24) is 15.5 Å². The first-order valence-corrected chi connectivity index (χ1v) is 11.7. The van der Waals surface area contributed by atoms with Crippen molar-refractivity contribution in [2.45, 2.75) is 84.9 Å². The molecule has 0 aromatic heterocycles. The van der Waals surface area contributed by atoms with Gasteiger partial charge in [0, 0.05) is 12.6 Å². The highest BCUT2D eigenvalue weighted by atomic mass is 16.6. The number of unbranched alkanes of at least 4 members (excludes halogenated alkanes) is 2. The second-order valence-electron chi connectivity index (χ2n) is 9.53. The summed E-state index contributed by atoms with van der Waals surface area (Å²) in [6, 6.07) is 5.15. The molecule has 0 aliphatic heterocycles. The highest BCUT2D eigenvalue weighted by molar-refractivity contribution is 5.95. The molecule has 0 saturated carbocycles. The lowest BCUT2D eigenvalue weighted by atomic mass is 9.98. The molecule has 192 valence electrons. The molecule has 1 aromatic carbocycles. The van der Waals surface area contributed by atoms with Crippen LogP contribution in [0.25, 0.3) is 0 Å². The molecule has 9 heteroatoms. The molecule has 0 aliphatic rings. The van der Waals surface area contributed by atoms with Crippen molar-refractivity contribution in [2.75, 3.05) is 6.54 Å². The molecule has 0 fully saturated rings. The molecule has 0 radical (unpaired) electrons. The summed E-state index contributed by atoms with van der Waals surface area (Å²) in [4.78, 5) is 51.7. The first-order valence-electron chi connectivity index (χ1n) is 11.7. The summed E-state index contributed by atoms with van der Waals surface area (Å²) in [5.74, 6) is -2.12. The van der Waals surface area contributed by atoms with E-state index in [1.807, 2.05) is 19.9 Å². The van der Waals surface area contributed by atoms with Crippen molar-refractivity contribution in [1.29, 1.82) is 0 Å². The normalized spacial score (nSPS) is 12.6. The van der Waals surface area contributed by atoms with Crippen LogP contribution in [0.5, 0.6) is 0 Å². The molecule has 0 heterocycles. The van der Waals surface area contributed by atoms with Gasteiger partial charge in [0.15, 0.2) is 0 Å². The molecule has 35 heavy (non-hydrogen) atoms. The molecule has 4 N–H and O–H groups in total. The lowest BCUT2D eigenvalue weighted by Gasteiger charge is -2.30. The van der Waals surface area contributed by atoms with Gasteiger partial charge < -0.3 is 21.1 Å². The number of aryl methyl sites for hydroxylation is 2. The highest BCUT2D eigenvalue weighted by Gasteiger charge is 2.36. The van der Waals surface area contributed by atoms with Gasteiger partial charge in [-0.25, -0.2) is 4.79 Å². The number of ether oxygens (including phenoxy) is 1. The summed E-state index contributed by atoms with van der Waals surface area (Å²) in [6.07, 6.45) is 6.98. The number of amides is 4. The minimum atomic E-state index is -1.42. The van der Waals surface area contributed by atoms with Crippen LogP contribution in [0.1, 0.15) is 76.1 Å². The maximum absolute atomic E-state index is 13.5. The molecule has 0 spiro atoms. The summed E-state index contributed by atoms with van der Waals surface area (Å²) in [5.41, 5.74) is 6.76. The van der Waals surface area contributed by atoms with Crippen molar-refractivity contribution >= 4 is 23.8 Å². The van der Waals surface area contributed by atoms with E-state index in [0.717, 1.165) is 35.3 Å². The number of nitrogens with one attached hydrogen (secondary N) is 2. The lowest BCUT2D eigenvalue weighted by Crippen LogP contribution is -2.52. The third-order valence-electron chi connectivity index (χ3n) is 4.92. The number of hydrogen-bond acceptors (Lipinski definition) is 5. The van der Waals surface area contributed by atoms with Crippen LogP contribution in [0, 0.1) is 26.3 Å². The first-order chi connectivity index (χ1) is 16.3. The standard InChI is InChI=1S/C26H38N4O5/c1-8-10-11-12-28-23(32)22(19-14-17(3)13-18(4)15-19)30(9-2)24(33)20(16-21(27)31)29-25(34)35-26(5,6)7/h2,13-15,20,22H,8,10-12,16H2,1,3-7H3,(H2,27,31)(H,28,32)(H,29,34). The second-order valence-corrected chi connectivity index (χ2v) is 9.53. The zero-order chi connectivity index (χ0) is 26.8. The van der Waals surface area contributed by atoms with Crippen molar-refractivity contribution in [3.8, 4) is 12.5 Å². The van der Waals surface area contributed by atoms with E-state index >= 15 is 0 Å². The fourth-order valence-corrected chi connectivity index (χ4v) is 3.55. The van der Waals surface area contributed by atoms with Crippen LogP contribution in [-0.4, -0.2) is 46.9 Å². The number of carbonyl (C=O) groups excluding carboxylic acids is 4. The zero-order valence-electron chi connectivity index (χ0n) is 21.6. The van der Waals surface area contributed by atoms with Crippen molar-refractivity contribution < 1.29 is 23.9 Å². The quantitative estimate of drug-likeness (QED) is 0.251. The van der Waals surface area contributed by atoms with Gasteiger partial charge in [-0.1, -0.05) is 55.5 Å². The Balaban J connectivity index is 3.37. The molecular weight excluding hydrogens is 448 g/mol. The molecule has 2 atom stereocenters. The largest absolute Gasteiger partial charge is 0.444 e. The number of alkyl carbamates (subject to hydrolysis) is 1. The molecular formula is C26H38N4O5. The lowest BCUT2D eigenvalue weighted by molar-refractivity contribution is -0.139. The number of carbonyl (C=O) groups is 4. The van der Waals surface area contributed by atoms with E-state index in [2.05, 4.69) is 23.6 Å². The van der Waals surface area contributed by atoms with Crippen LogP contribution in [0.3, 0.4) is 0 Å². The predicted molar refractivity (Wildman–Crippen MR) is 134 cm³/mol. The van der Waals surface area contributed by atoms with E-state index in [4.69, 9.17) is 16.9 Å². The van der Waals surface area contributed by atoms with E-state index in [0.29, 0.717) is 12.1 Å². The van der Waals surface area contributed by atoms with Gasteiger partial charge in [0.05, 0.1) is 6.42 Å². The Kier molecular flexibility index (Phi) is 11.3. The van der Waals surface area contributed by atoms with Gasteiger partial charge >= 0.3 is 6.09 Å². The number of terminal acetylenes is 1. The van der Waals surface area contributed by atoms with Crippen LogP contribution in [0.15, 0.2) is 18.2 Å². The second kappa shape index (κ2) is 13.4. The maximum Gasteiger partial charge on any atom is 0.408 e. The van der Waals surface area contributed by atoms with Crippen LogP contribution in [0.2, 0.25) is 0 Å². The molecule has 0 saturated heterocycles. The number of rotatable bonds is 11. The Morgan fingerprint density at radius 2 is 1.71 bits per heavy atom. The summed E-state index contributed by atoms with van der Waals surface area (Å²) >= 11 is 0. The highest BCUT2D eigenvalue weighted by Crippen LogP contribution is 2.25. The Labute approximate surface area is 208 Å². The number of benzene rings is 1. The molecule has 1 rings (SSSR count). The Hall–Kier alpha value is -3.54. The monoisotopic (exact) mass is 486 g/mol. The van der Waals surface area contributed by atoms with E-state index in [9.17, 15) is 19.2 Å². The summed E-state index contributed by atoms with van der Waals surface area (Å²) in [5, 5.41) is 5.21. The van der Waals surface area contributed by atoms with Crippen LogP contribution >= 0.6 is 0 Å². The third-order valence-corrected chi connectivity index (χ3v) is 4.92. The van der Waals surface area contributed by atoms with Gasteiger partial charge in [0.25, 0.3) is 5.91 Å². The molecule has 1 aromatic rings. The van der Waals surface area contributed by atoms with Crippen molar-refractivity contribution in [2.24, 2.45) is 5.73 Å². The molecule has 9 nitrogen and oxygen atoms in total. The predicted octanol–water partition coefficient (Wildman–Crippen LogP) is 2.84. The van der Waals surface area contributed by atoms with Gasteiger partial charge in [0.2, 0.25) is 11.8 Å². The van der Waals surface area contributed by atoms with Gasteiger partial charge in [0.1, 0.15) is 17.7 Å². The van der Waals surface area contributed by atoms with Gasteiger partial charge in [-0.2, -0.15) is 0 Å². The molecule has 0 bridgehead atoms.